The van der Waals surface area contributed by atoms with E-state index in [4.69, 9.17) is 33.2 Å². The number of aryl methyl sites for hydroxylation is 4. The maximum Gasteiger partial charge on any atom is 0.134 e. The van der Waals surface area contributed by atoms with Gasteiger partial charge in [0.2, 0.25) is 0 Å². The minimum absolute atomic E-state index is 0.113. The maximum atomic E-state index is 10.5. The van der Waals surface area contributed by atoms with Crippen LogP contribution in [0.5, 0.6) is 57.5 Å². The van der Waals surface area contributed by atoms with E-state index >= 15 is 0 Å². The highest BCUT2D eigenvalue weighted by Crippen LogP contribution is 2.39. The summed E-state index contributed by atoms with van der Waals surface area (Å²) in [5.74, 6) is 7.37. The van der Waals surface area contributed by atoms with Crippen LogP contribution in [0.3, 0.4) is 0 Å². The van der Waals surface area contributed by atoms with Crippen LogP contribution in [0.4, 0.5) is 0 Å². The van der Waals surface area contributed by atoms with Crippen molar-refractivity contribution in [2.24, 2.45) is 0 Å². The molecule has 0 atom stereocenters. The summed E-state index contributed by atoms with van der Waals surface area (Å²) in [7, 11) is 0. The Kier molecular flexibility index (Phi) is 20.8. The van der Waals surface area contributed by atoms with Crippen molar-refractivity contribution in [2.45, 2.75) is 99.5 Å². The number of aromatic amines is 2. The van der Waals surface area contributed by atoms with E-state index in [1.165, 1.54) is 0 Å². The summed E-state index contributed by atoms with van der Waals surface area (Å²) < 4.78 is 43.6. The van der Waals surface area contributed by atoms with Crippen LogP contribution in [-0.4, -0.2) is 62.4 Å². The summed E-state index contributed by atoms with van der Waals surface area (Å²) in [6.07, 6.45) is 10.0. The van der Waals surface area contributed by atoms with Gasteiger partial charge in [-0.2, -0.15) is 30.8 Å². The molecule has 14 nitrogen and oxygen atoms in total. The van der Waals surface area contributed by atoms with E-state index in [1.807, 2.05) is 128 Å². The van der Waals surface area contributed by atoms with Crippen LogP contribution < -0.4 is 33.2 Å². The Balaban J connectivity index is 0.000000211. The molecule has 0 aliphatic heterocycles. The second-order valence-electron chi connectivity index (χ2n) is 18.9. The monoisotopic (exact) mass is 1060 g/mol. The molecule has 0 aliphatic rings. The zero-order valence-electron chi connectivity index (χ0n) is 46.2. The number of nitrogens with one attached hydrogen (secondary N) is 2. The van der Waals surface area contributed by atoms with Gasteiger partial charge in [-0.05, 0) is 116 Å². The van der Waals surface area contributed by atoms with Gasteiger partial charge in [-0.25, -0.2) is 0 Å². The highest BCUT2D eigenvalue weighted by molar-refractivity contribution is 5.70. The third kappa shape index (κ3) is 15.5. The molecule has 0 spiro atoms. The maximum absolute atomic E-state index is 10.5. The molecule has 9 aromatic rings. The molecule has 0 unspecified atom stereocenters. The molecule has 0 saturated heterocycles. The first-order valence-electron chi connectivity index (χ1n) is 27.4. The molecule has 79 heavy (non-hydrogen) atoms. The SMILES string of the molecule is CCCc1c(OCCCOc2cc(O)c(-c3cn[nH]n3)cc2CC)cccc1Oc1ccccc1C.CCCc1c(OCCCOc2cc(OCc3ccccc3)c(-c3cn[nH]n3)cc2CC)cccc1Oc1ccccc1C. The van der Waals surface area contributed by atoms with Crippen molar-refractivity contribution in [3.05, 3.63) is 191 Å². The number of H-pyrrole nitrogens is 2. The Hall–Kier alpha value is -8.78. The summed E-state index contributed by atoms with van der Waals surface area (Å²) in [4.78, 5) is 0. The summed E-state index contributed by atoms with van der Waals surface area (Å²) in [6, 6.07) is 45.7. The number of hydrogen-bond donors (Lipinski definition) is 3. The molecular weight excluding hydrogens is 993 g/mol. The molecular formula is C65H72N6O8. The van der Waals surface area contributed by atoms with Crippen LogP contribution in [0.1, 0.15) is 92.3 Å². The number of aromatic nitrogens is 6. The fraction of sp³-hybridized carbons (Fsp3) is 0.292. The Labute approximate surface area is 464 Å². The molecule has 410 valence electrons. The van der Waals surface area contributed by atoms with Crippen LogP contribution in [0.15, 0.2) is 152 Å². The molecule has 2 aromatic heterocycles. The average Bonchev–Trinajstić information content (AvgIpc) is 4.27. The van der Waals surface area contributed by atoms with Crippen molar-refractivity contribution < 1.29 is 38.3 Å². The van der Waals surface area contributed by atoms with E-state index in [0.717, 1.165) is 135 Å². The Morgan fingerprint density at radius 3 is 1.35 bits per heavy atom. The van der Waals surface area contributed by atoms with Crippen molar-refractivity contribution in [3.8, 4) is 80.0 Å². The standard InChI is InChI=1S/C36H39N3O4.C29H33N3O4/c1-4-13-29-33(18-11-19-34(29)43-32-17-10-9-14-26(32)3)40-20-12-21-41-35-23-36(42-25-27-15-7-6-8-16-27)30(22-28(35)5-2)31-24-37-39-38-31;1-4-10-22-27(13-8-14-28(22)36-26-12-7-6-11-20(26)3)34-15-9-16-35-29-18-25(33)23(17-21(29)5-2)24-19-30-32-31-24/h6-11,14-19,22-24H,4-5,12-13,20-21,25H2,1-3H3,(H,37,38,39);6-8,11-14,17-19,33H,4-5,9-10,15-16H2,1-3H3,(H,30,31,32). The first-order chi connectivity index (χ1) is 38.8. The lowest BCUT2D eigenvalue weighted by molar-refractivity contribution is 0.242. The van der Waals surface area contributed by atoms with Crippen LogP contribution in [-0.2, 0) is 32.3 Å². The number of phenols is 1. The molecule has 3 N–H and O–H groups in total. The second-order valence-corrected chi connectivity index (χ2v) is 18.9. The summed E-state index contributed by atoms with van der Waals surface area (Å²) in [6.45, 7) is 15.0. The summed E-state index contributed by atoms with van der Waals surface area (Å²) >= 11 is 0. The van der Waals surface area contributed by atoms with Crippen LogP contribution in [0, 0.1) is 13.8 Å². The number of hydrogen-bond acceptors (Lipinski definition) is 12. The molecule has 14 heteroatoms. The summed E-state index contributed by atoms with van der Waals surface area (Å²) in [5, 5.41) is 31.9. The minimum atomic E-state index is 0.113. The van der Waals surface area contributed by atoms with E-state index in [0.29, 0.717) is 62.2 Å². The van der Waals surface area contributed by atoms with Gasteiger partial charge in [0.25, 0.3) is 0 Å². The number of rotatable bonds is 27. The zero-order chi connectivity index (χ0) is 55.2. The molecule has 7 aromatic carbocycles. The Morgan fingerprint density at radius 2 is 0.873 bits per heavy atom. The molecule has 0 bridgehead atoms. The first kappa shape index (κ1) is 56.4. The van der Waals surface area contributed by atoms with Crippen molar-refractivity contribution in [3.63, 3.8) is 0 Å². The second kappa shape index (κ2) is 29.1. The lowest BCUT2D eigenvalue weighted by atomic mass is 10.0. The number of benzene rings is 7. The predicted molar refractivity (Wildman–Crippen MR) is 309 cm³/mol. The lowest BCUT2D eigenvalue weighted by Crippen LogP contribution is -2.08. The van der Waals surface area contributed by atoms with Gasteiger partial charge in [0.05, 0.1) is 38.8 Å². The Morgan fingerprint density at radius 1 is 0.430 bits per heavy atom. The van der Waals surface area contributed by atoms with E-state index < -0.39 is 0 Å². The quantitative estimate of drug-likeness (QED) is 0.0418. The topological polar surface area (TPSA) is 168 Å². The molecule has 0 amide bonds. The van der Waals surface area contributed by atoms with E-state index in [-0.39, 0.29) is 5.75 Å². The highest BCUT2D eigenvalue weighted by atomic mass is 16.5. The van der Waals surface area contributed by atoms with Crippen molar-refractivity contribution >= 4 is 0 Å². The van der Waals surface area contributed by atoms with Crippen molar-refractivity contribution in [2.75, 3.05) is 26.4 Å². The average molecular weight is 1070 g/mol. The number of phenolic OH excluding ortho intramolecular Hbond substituents is 1. The summed E-state index contributed by atoms with van der Waals surface area (Å²) in [5.41, 5.74) is 10.4. The molecule has 2 heterocycles. The highest BCUT2D eigenvalue weighted by Gasteiger charge is 2.18. The lowest BCUT2D eigenvalue weighted by Gasteiger charge is -2.18. The number of para-hydroxylation sites is 2. The molecule has 0 radical (unpaired) electrons. The molecule has 0 saturated carbocycles. The minimum Gasteiger partial charge on any atom is -0.507 e. The fourth-order valence-electron chi connectivity index (χ4n) is 8.93. The van der Waals surface area contributed by atoms with Gasteiger partial charge in [0, 0.05) is 47.2 Å². The first-order valence-corrected chi connectivity index (χ1v) is 27.4. The van der Waals surface area contributed by atoms with Gasteiger partial charge in [-0.15, -0.1) is 0 Å². The number of aromatic hydroxyl groups is 1. The van der Waals surface area contributed by atoms with Crippen LogP contribution in [0.25, 0.3) is 22.5 Å². The number of nitrogens with zero attached hydrogens (tertiary/aromatic N) is 4. The van der Waals surface area contributed by atoms with Gasteiger partial charge in [-0.1, -0.05) is 119 Å². The molecule has 0 fully saturated rings. The van der Waals surface area contributed by atoms with Crippen LogP contribution >= 0.6 is 0 Å². The normalized spacial score (nSPS) is 10.9. The fourth-order valence-corrected chi connectivity index (χ4v) is 8.93. The van der Waals surface area contributed by atoms with Gasteiger partial charge in [0.15, 0.2) is 0 Å². The van der Waals surface area contributed by atoms with Gasteiger partial charge >= 0.3 is 0 Å². The van der Waals surface area contributed by atoms with E-state index in [2.05, 4.69) is 77.6 Å². The van der Waals surface area contributed by atoms with Crippen molar-refractivity contribution in [1.82, 2.24) is 30.8 Å². The third-order valence-corrected chi connectivity index (χ3v) is 13.1. The van der Waals surface area contributed by atoms with Gasteiger partial charge < -0.3 is 38.3 Å². The molecule has 9 rings (SSSR count). The van der Waals surface area contributed by atoms with Gasteiger partial charge in [0.1, 0.15) is 75.5 Å². The van der Waals surface area contributed by atoms with E-state index in [1.54, 1.807) is 18.5 Å². The van der Waals surface area contributed by atoms with Crippen molar-refractivity contribution in [1.29, 1.82) is 0 Å². The largest absolute Gasteiger partial charge is 0.507 e. The van der Waals surface area contributed by atoms with Crippen LogP contribution in [0.2, 0.25) is 0 Å². The molecule has 0 aliphatic carbocycles. The Bertz CT molecular complexity index is 3290. The third-order valence-electron chi connectivity index (χ3n) is 13.1. The smallest absolute Gasteiger partial charge is 0.134 e. The number of ether oxygens (including phenoxy) is 7. The van der Waals surface area contributed by atoms with Gasteiger partial charge in [-0.3, -0.25) is 0 Å². The zero-order valence-corrected chi connectivity index (χ0v) is 46.2. The van der Waals surface area contributed by atoms with E-state index in [9.17, 15) is 5.11 Å². The predicted octanol–water partition coefficient (Wildman–Crippen LogP) is 15.2.